The van der Waals surface area contributed by atoms with Crippen molar-refractivity contribution in [2.75, 3.05) is 16.8 Å². The fourth-order valence-corrected chi connectivity index (χ4v) is 4.52. The number of Topliss-reactive ketones (excluding diaryl/α,β-unsaturated/α-hetero) is 1. The van der Waals surface area contributed by atoms with E-state index in [4.69, 9.17) is 4.42 Å². The summed E-state index contributed by atoms with van der Waals surface area (Å²) >= 11 is 0. The summed E-state index contributed by atoms with van der Waals surface area (Å²) in [6.07, 6.45) is 3.72. The monoisotopic (exact) mass is 427 g/mol. The van der Waals surface area contributed by atoms with Crippen molar-refractivity contribution in [2.45, 2.75) is 31.8 Å². The second-order valence-corrected chi connectivity index (χ2v) is 8.12. The van der Waals surface area contributed by atoms with Crippen molar-refractivity contribution < 1.29 is 14.0 Å². The molecule has 2 N–H and O–H groups in total. The highest BCUT2D eigenvalue weighted by Gasteiger charge is 2.38. The van der Waals surface area contributed by atoms with Crippen LogP contribution in [0.5, 0.6) is 0 Å². The van der Waals surface area contributed by atoms with Crippen molar-refractivity contribution in [1.29, 1.82) is 0 Å². The molecule has 162 valence electrons. The Morgan fingerprint density at radius 2 is 1.84 bits per heavy atom. The van der Waals surface area contributed by atoms with E-state index >= 15 is 0 Å². The molecule has 32 heavy (non-hydrogen) atoms. The lowest BCUT2D eigenvalue weighted by atomic mass is 9.88. The number of para-hydroxylation sites is 2. The van der Waals surface area contributed by atoms with Crippen LogP contribution in [0.4, 0.5) is 11.4 Å². The summed E-state index contributed by atoms with van der Waals surface area (Å²) in [5.41, 5.74) is 4.40. The van der Waals surface area contributed by atoms with Gasteiger partial charge < -0.3 is 20.0 Å². The van der Waals surface area contributed by atoms with Crippen LogP contribution in [0, 0.1) is 0 Å². The largest absolute Gasteiger partial charge is 0.467 e. The van der Waals surface area contributed by atoms with Crippen LogP contribution in [0.3, 0.4) is 0 Å². The highest BCUT2D eigenvalue weighted by Crippen LogP contribution is 2.44. The van der Waals surface area contributed by atoms with Gasteiger partial charge in [0.15, 0.2) is 5.78 Å². The molecule has 0 saturated heterocycles. The van der Waals surface area contributed by atoms with Gasteiger partial charge in [-0.25, -0.2) is 0 Å². The number of amides is 1. The van der Waals surface area contributed by atoms with Crippen LogP contribution in [0.1, 0.15) is 36.6 Å². The zero-order valence-electron chi connectivity index (χ0n) is 17.7. The number of nitrogens with zero attached hydrogens (tertiary/aromatic N) is 1. The molecular formula is C26H25N3O3. The van der Waals surface area contributed by atoms with Gasteiger partial charge in [0.2, 0.25) is 5.91 Å². The average Bonchev–Trinajstić information content (AvgIpc) is 3.30. The molecule has 1 aliphatic carbocycles. The zero-order chi connectivity index (χ0) is 21.9. The van der Waals surface area contributed by atoms with E-state index in [-0.39, 0.29) is 18.2 Å². The molecule has 1 aromatic heterocycles. The number of anilines is 2. The number of furan rings is 1. The fourth-order valence-electron chi connectivity index (χ4n) is 4.52. The van der Waals surface area contributed by atoms with Crippen molar-refractivity contribution in [2.24, 2.45) is 0 Å². The van der Waals surface area contributed by atoms with Crippen LogP contribution in [0.15, 0.2) is 88.7 Å². The maximum atomic E-state index is 13.1. The minimum atomic E-state index is -0.466. The van der Waals surface area contributed by atoms with E-state index in [1.165, 1.54) is 0 Å². The second kappa shape index (κ2) is 8.75. The molecule has 6 heteroatoms. The van der Waals surface area contributed by atoms with E-state index in [1.807, 2.05) is 71.6 Å². The Morgan fingerprint density at radius 3 is 2.66 bits per heavy atom. The van der Waals surface area contributed by atoms with Crippen molar-refractivity contribution >= 4 is 23.1 Å². The van der Waals surface area contributed by atoms with Crippen molar-refractivity contribution in [1.82, 2.24) is 5.32 Å². The second-order valence-electron chi connectivity index (χ2n) is 8.12. The molecule has 3 aromatic rings. The standard InChI is InChI=1S/C26H25N3O3/c30-22-13-6-11-20-25(22)26(23-14-7-15-32-23)29(21-12-5-4-10-19(21)28-20)17-24(31)27-16-18-8-2-1-3-9-18/h1-5,7-10,12,14-15,26,28H,6,11,13,16-17H2,(H,27,31). The number of nitrogens with one attached hydrogen (secondary N) is 2. The summed E-state index contributed by atoms with van der Waals surface area (Å²) in [5, 5.41) is 6.50. The number of benzene rings is 2. The van der Waals surface area contributed by atoms with Crippen molar-refractivity contribution in [3.63, 3.8) is 0 Å². The number of rotatable bonds is 5. The van der Waals surface area contributed by atoms with E-state index in [0.717, 1.165) is 35.5 Å². The molecule has 1 unspecified atom stereocenters. The summed E-state index contributed by atoms with van der Waals surface area (Å²) in [6.45, 7) is 0.548. The average molecular weight is 428 g/mol. The number of ketones is 1. The van der Waals surface area contributed by atoms with Crippen LogP contribution in [-0.2, 0) is 16.1 Å². The highest BCUT2D eigenvalue weighted by atomic mass is 16.3. The molecular weight excluding hydrogens is 402 g/mol. The first-order chi connectivity index (χ1) is 15.7. The first-order valence-corrected chi connectivity index (χ1v) is 10.9. The van der Waals surface area contributed by atoms with Gasteiger partial charge >= 0.3 is 0 Å². The third kappa shape index (κ3) is 3.91. The first-order valence-electron chi connectivity index (χ1n) is 10.9. The minimum Gasteiger partial charge on any atom is -0.467 e. The topological polar surface area (TPSA) is 74.6 Å². The summed E-state index contributed by atoms with van der Waals surface area (Å²) < 4.78 is 5.79. The van der Waals surface area contributed by atoms with Crippen LogP contribution in [-0.4, -0.2) is 18.2 Å². The van der Waals surface area contributed by atoms with E-state index in [2.05, 4.69) is 10.6 Å². The van der Waals surface area contributed by atoms with Gasteiger partial charge in [0, 0.05) is 24.2 Å². The molecule has 2 aliphatic rings. The third-order valence-electron chi connectivity index (χ3n) is 6.00. The smallest absolute Gasteiger partial charge is 0.239 e. The highest BCUT2D eigenvalue weighted by molar-refractivity contribution is 6.01. The summed E-state index contributed by atoms with van der Waals surface area (Å²) in [5.74, 6) is 0.636. The van der Waals surface area contributed by atoms with Gasteiger partial charge in [-0.1, -0.05) is 42.5 Å². The van der Waals surface area contributed by atoms with E-state index < -0.39 is 6.04 Å². The number of hydrogen-bond donors (Lipinski definition) is 2. The van der Waals surface area contributed by atoms with Gasteiger partial charge in [0.1, 0.15) is 11.8 Å². The van der Waals surface area contributed by atoms with Crippen LogP contribution in [0.25, 0.3) is 0 Å². The van der Waals surface area contributed by atoms with E-state index in [9.17, 15) is 9.59 Å². The Balaban J connectivity index is 1.52. The maximum absolute atomic E-state index is 13.1. The molecule has 2 aromatic carbocycles. The lowest BCUT2D eigenvalue weighted by molar-refractivity contribution is -0.120. The number of carbonyl (C=O) groups is 2. The van der Waals surface area contributed by atoms with Gasteiger partial charge in [-0.05, 0) is 42.7 Å². The van der Waals surface area contributed by atoms with Crippen LogP contribution >= 0.6 is 0 Å². The summed E-state index contributed by atoms with van der Waals surface area (Å²) in [7, 11) is 0. The van der Waals surface area contributed by atoms with Crippen molar-refractivity contribution in [3.05, 3.63) is 95.6 Å². The Hall–Kier alpha value is -3.80. The quantitative estimate of drug-likeness (QED) is 0.624. The Morgan fingerprint density at radius 1 is 1.03 bits per heavy atom. The number of hydrogen-bond acceptors (Lipinski definition) is 5. The molecule has 6 nitrogen and oxygen atoms in total. The van der Waals surface area contributed by atoms with Gasteiger partial charge in [0.25, 0.3) is 0 Å². The van der Waals surface area contributed by atoms with Crippen LogP contribution < -0.4 is 15.5 Å². The number of allylic oxidation sites excluding steroid dienone is 1. The third-order valence-corrected chi connectivity index (χ3v) is 6.00. The molecule has 2 heterocycles. The predicted molar refractivity (Wildman–Crippen MR) is 123 cm³/mol. The zero-order valence-corrected chi connectivity index (χ0v) is 17.7. The predicted octanol–water partition coefficient (Wildman–Crippen LogP) is 4.58. The van der Waals surface area contributed by atoms with E-state index in [1.54, 1.807) is 6.26 Å². The molecule has 1 atom stereocenters. The molecule has 0 radical (unpaired) electrons. The molecule has 1 amide bonds. The molecule has 0 spiro atoms. The van der Waals surface area contributed by atoms with Gasteiger partial charge in [-0.3, -0.25) is 9.59 Å². The summed E-state index contributed by atoms with van der Waals surface area (Å²) in [4.78, 5) is 28.2. The summed E-state index contributed by atoms with van der Waals surface area (Å²) in [6, 6.07) is 20.9. The Bertz CT molecular complexity index is 1150. The van der Waals surface area contributed by atoms with Crippen molar-refractivity contribution in [3.8, 4) is 0 Å². The maximum Gasteiger partial charge on any atom is 0.239 e. The minimum absolute atomic E-state index is 0.0982. The van der Waals surface area contributed by atoms with Gasteiger partial charge in [-0.15, -0.1) is 0 Å². The lowest BCUT2D eigenvalue weighted by Crippen LogP contribution is -2.41. The SMILES string of the molecule is O=C(CN1c2ccccc2NC2=C(C(=O)CCC2)C1c1ccco1)NCc1ccccc1. The molecule has 0 fully saturated rings. The molecule has 1 aliphatic heterocycles. The molecule has 5 rings (SSSR count). The lowest BCUT2D eigenvalue weighted by Gasteiger charge is -2.33. The van der Waals surface area contributed by atoms with E-state index in [0.29, 0.717) is 24.3 Å². The first kappa shape index (κ1) is 20.1. The molecule has 0 saturated carbocycles. The van der Waals surface area contributed by atoms with Gasteiger partial charge in [-0.2, -0.15) is 0 Å². The number of fused-ring (bicyclic) bond motifs is 1. The number of carbonyl (C=O) groups excluding carboxylic acids is 2. The fraction of sp³-hybridized carbons (Fsp3) is 0.231. The normalized spacial score (nSPS) is 17.8. The molecule has 0 bridgehead atoms. The van der Waals surface area contributed by atoms with Gasteiger partial charge in [0.05, 0.1) is 24.2 Å². The Kier molecular flexibility index (Phi) is 5.50. The van der Waals surface area contributed by atoms with Crippen LogP contribution in [0.2, 0.25) is 0 Å². The Labute approximate surface area is 186 Å².